The molecule has 0 unspecified atom stereocenters. The van der Waals surface area contributed by atoms with Gasteiger partial charge in [0.25, 0.3) is 0 Å². The molecule has 6 nitrogen and oxygen atoms in total. The van der Waals surface area contributed by atoms with Gasteiger partial charge in [0.1, 0.15) is 20.2 Å². The number of hydrogen-bond donors (Lipinski definition) is 0. The molecule has 0 saturated carbocycles. The number of benzene rings is 4. The molecule has 0 fully saturated rings. The Labute approximate surface area is 438 Å². The van der Waals surface area contributed by atoms with E-state index in [0.29, 0.717) is 34.7 Å². The molecule has 0 radical (unpaired) electrons. The Kier molecular flexibility index (Phi) is 32.2. The van der Waals surface area contributed by atoms with Crippen LogP contribution in [-0.2, 0) is 45.9 Å². The number of aryl methyl sites for hydroxylation is 4. The van der Waals surface area contributed by atoms with Gasteiger partial charge in [0.15, 0.2) is 0 Å². The maximum Gasteiger partial charge on any atom is 2.00 e. The van der Waals surface area contributed by atoms with Gasteiger partial charge in [-0.2, -0.15) is 0 Å². The standard InChI is InChI=1S/2C28H44O3S.Ba/c2*1-3-5-7-9-11-13-15-17-24-19-22-27-26(23-24)21-20-25(28(27)32(29,30)31)18-16-14-12-10-8-6-4-2;/h2*19-23H,3-18H2,1-2H3,(H,29,30,31);/q;;+2/p-2. The molecule has 0 N–H and O–H groups in total. The maximum atomic E-state index is 12.1. The van der Waals surface area contributed by atoms with Gasteiger partial charge in [-0.3, -0.25) is 0 Å². The van der Waals surface area contributed by atoms with Gasteiger partial charge >= 0.3 is 48.9 Å². The first kappa shape index (κ1) is 59.9. The van der Waals surface area contributed by atoms with Crippen LogP contribution in [0.1, 0.15) is 230 Å². The smallest absolute Gasteiger partial charge is 0.744 e. The molecule has 0 aliphatic heterocycles. The molecule has 0 aliphatic rings. The molecule has 0 heterocycles. The second-order valence-corrected chi connectivity index (χ2v) is 21.2. The predicted molar refractivity (Wildman–Crippen MR) is 276 cm³/mol. The Balaban J connectivity index is 0.000000440. The van der Waals surface area contributed by atoms with Gasteiger partial charge in [-0.15, -0.1) is 0 Å². The summed E-state index contributed by atoms with van der Waals surface area (Å²) in [6.07, 6.45) is 37.6. The first-order chi connectivity index (χ1) is 30.9. The molecule has 65 heavy (non-hydrogen) atoms. The van der Waals surface area contributed by atoms with Gasteiger partial charge in [0.05, 0.1) is 9.79 Å². The van der Waals surface area contributed by atoms with Crippen molar-refractivity contribution in [3.8, 4) is 0 Å². The zero-order valence-electron chi connectivity index (χ0n) is 41.4. The van der Waals surface area contributed by atoms with Crippen molar-refractivity contribution in [1.82, 2.24) is 0 Å². The zero-order valence-corrected chi connectivity index (χ0v) is 47.4. The normalized spacial score (nSPS) is 11.8. The fourth-order valence-electron chi connectivity index (χ4n) is 9.20. The van der Waals surface area contributed by atoms with Crippen molar-refractivity contribution in [1.29, 1.82) is 0 Å². The molecule has 4 rings (SSSR count). The van der Waals surface area contributed by atoms with Gasteiger partial charge in [-0.1, -0.05) is 242 Å². The van der Waals surface area contributed by atoms with Crippen LogP contribution in [0.15, 0.2) is 70.5 Å². The van der Waals surface area contributed by atoms with Gasteiger partial charge in [0, 0.05) is 0 Å². The third kappa shape index (κ3) is 23.8. The molecule has 0 atom stereocenters. The van der Waals surface area contributed by atoms with Crippen molar-refractivity contribution in [3.63, 3.8) is 0 Å². The second-order valence-electron chi connectivity index (χ2n) is 18.6. The van der Waals surface area contributed by atoms with Crippen LogP contribution in [0.5, 0.6) is 0 Å². The summed E-state index contributed by atoms with van der Waals surface area (Å²) >= 11 is 0. The van der Waals surface area contributed by atoms with Crippen molar-refractivity contribution in [2.75, 3.05) is 0 Å². The van der Waals surface area contributed by atoms with Crippen molar-refractivity contribution < 1.29 is 25.9 Å². The van der Waals surface area contributed by atoms with E-state index in [1.807, 2.05) is 48.5 Å². The SMILES string of the molecule is CCCCCCCCCc1ccc2c(S(=O)(=O)[O-])c(CCCCCCCCC)ccc2c1.CCCCCCCCCc1ccc2c(S(=O)(=O)[O-])c(CCCCCCCCC)ccc2c1.[Ba+2]. The van der Waals surface area contributed by atoms with E-state index in [9.17, 15) is 25.9 Å². The topological polar surface area (TPSA) is 114 Å². The van der Waals surface area contributed by atoms with E-state index in [1.54, 1.807) is 0 Å². The zero-order chi connectivity index (χ0) is 46.5. The van der Waals surface area contributed by atoms with E-state index in [1.165, 1.54) is 152 Å². The average molecular weight is 1060 g/mol. The van der Waals surface area contributed by atoms with Crippen LogP contribution in [0, 0.1) is 0 Å². The Morgan fingerprint density at radius 3 is 0.877 bits per heavy atom. The van der Waals surface area contributed by atoms with Crippen LogP contribution in [-0.4, -0.2) is 74.8 Å². The molecular weight excluding hydrogens is 970 g/mol. The maximum absolute atomic E-state index is 12.1. The molecule has 0 aromatic heterocycles. The van der Waals surface area contributed by atoms with E-state index >= 15 is 0 Å². The summed E-state index contributed by atoms with van der Waals surface area (Å²) in [7, 11) is -9.02. The molecule has 9 heteroatoms. The summed E-state index contributed by atoms with van der Waals surface area (Å²) in [6.45, 7) is 8.90. The van der Waals surface area contributed by atoms with Crippen LogP contribution >= 0.6 is 0 Å². The van der Waals surface area contributed by atoms with Crippen molar-refractivity contribution >= 4 is 90.7 Å². The van der Waals surface area contributed by atoms with Crippen LogP contribution in [0.3, 0.4) is 0 Å². The molecule has 0 saturated heterocycles. The number of rotatable bonds is 34. The quantitative estimate of drug-likeness (QED) is 0.0261. The van der Waals surface area contributed by atoms with Crippen molar-refractivity contribution in [2.24, 2.45) is 0 Å². The number of unbranched alkanes of at least 4 members (excludes halogenated alkanes) is 24. The fourth-order valence-corrected chi connectivity index (χ4v) is 11.1. The van der Waals surface area contributed by atoms with Crippen LogP contribution in [0.25, 0.3) is 21.5 Å². The Hall–Kier alpha value is -1.21. The van der Waals surface area contributed by atoms with E-state index < -0.39 is 20.2 Å². The third-order valence-electron chi connectivity index (χ3n) is 13.0. The molecule has 0 spiro atoms. The number of fused-ring (bicyclic) bond motifs is 2. The van der Waals surface area contributed by atoms with Crippen LogP contribution in [0.2, 0.25) is 0 Å². The van der Waals surface area contributed by atoms with E-state index in [2.05, 4.69) is 39.8 Å². The Morgan fingerprint density at radius 1 is 0.338 bits per heavy atom. The molecule has 0 amide bonds. The van der Waals surface area contributed by atoms with Gasteiger partial charge in [0.2, 0.25) is 0 Å². The second kappa shape index (κ2) is 35.0. The van der Waals surface area contributed by atoms with E-state index in [4.69, 9.17) is 0 Å². The average Bonchev–Trinajstić information content (AvgIpc) is 3.26. The first-order valence-electron chi connectivity index (χ1n) is 25.9. The largest absolute Gasteiger partial charge is 2.00 e. The third-order valence-corrected chi connectivity index (χ3v) is 14.9. The fraction of sp³-hybridized carbons (Fsp3) is 0.643. The molecule has 360 valence electrons. The minimum Gasteiger partial charge on any atom is -0.744 e. The van der Waals surface area contributed by atoms with Crippen molar-refractivity contribution in [3.05, 3.63) is 82.9 Å². The minimum absolute atomic E-state index is 0. The van der Waals surface area contributed by atoms with Gasteiger partial charge < -0.3 is 9.11 Å². The summed E-state index contributed by atoms with van der Waals surface area (Å²) in [4.78, 5) is 0.00640. The van der Waals surface area contributed by atoms with Gasteiger partial charge in [-0.05, 0) is 95.2 Å². The van der Waals surface area contributed by atoms with Gasteiger partial charge in [-0.25, -0.2) is 16.8 Å². The van der Waals surface area contributed by atoms with E-state index in [0.717, 1.165) is 62.1 Å². The summed E-state index contributed by atoms with van der Waals surface area (Å²) in [5, 5.41) is 2.90. The number of hydrogen-bond acceptors (Lipinski definition) is 6. The molecule has 0 aliphatic carbocycles. The summed E-state index contributed by atoms with van der Waals surface area (Å²) in [5.74, 6) is 0. The first-order valence-corrected chi connectivity index (χ1v) is 28.8. The Bertz CT molecular complexity index is 1960. The van der Waals surface area contributed by atoms with Crippen LogP contribution in [0.4, 0.5) is 0 Å². The summed E-state index contributed by atoms with van der Waals surface area (Å²) in [5.41, 5.74) is 3.81. The molecule has 0 bridgehead atoms. The van der Waals surface area contributed by atoms with Crippen molar-refractivity contribution in [2.45, 2.75) is 243 Å². The predicted octanol–water partition coefficient (Wildman–Crippen LogP) is 16.3. The van der Waals surface area contributed by atoms with E-state index in [-0.39, 0.29) is 58.7 Å². The minimum atomic E-state index is -4.51. The molecular formula is C56H86BaO6S2. The molecule has 4 aromatic rings. The van der Waals surface area contributed by atoms with Crippen LogP contribution < -0.4 is 0 Å². The monoisotopic (exact) mass is 1060 g/mol. The summed E-state index contributed by atoms with van der Waals surface area (Å²) < 4.78 is 72.7. The summed E-state index contributed by atoms with van der Waals surface area (Å²) in [6, 6.07) is 19.6. The Morgan fingerprint density at radius 2 is 0.600 bits per heavy atom. The molecule has 4 aromatic carbocycles.